The molecule has 0 aliphatic heterocycles. The van der Waals surface area contributed by atoms with Crippen LogP contribution in [0.1, 0.15) is 6.42 Å². The molecule has 0 fully saturated rings. The summed E-state index contributed by atoms with van der Waals surface area (Å²) in [6, 6.07) is 4.97. The number of carboxylic acid groups (broad SMARTS) is 1. The lowest BCUT2D eigenvalue weighted by Crippen LogP contribution is -2.38. The summed E-state index contributed by atoms with van der Waals surface area (Å²) in [6.07, 6.45) is 10.3. The average molecular weight is 284 g/mol. The highest BCUT2D eigenvalue weighted by molar-refractivity contribution is 5.66. The van der Waals surface area contributed by atoms with Gasteiger partial charge >= 0.3 is 5.97 Å². The zero-order chi connectivity index (χ0) is 15.2. The van der Waals surface area contributed by atoms with Crippen molar-refractivity contribution >= 4 is 5.97 Å². The lowest BCUT2D eigenvalue weighted by atomic mass is 10.1. The van der Waals surface area contributed by atoms with Crippen molar-refractivity contribution in [3.63, 3.8) is 0 Å². The Labute approximate surface area is 121 Å². The zero-order valence-electron chi connectivity index (χ0n) is 11.3. The Morgan fingerprint density at radius 3 is 2.81 bits per heavy atom. The van der Waals surface area contributed by atoms with E-state index in [9.17, 15) is 9.59 Å². The van der Waals surface area contributed by atoms with Crippen LogP contribution in [0.5, 0.6) is 0 Å². The fourth-order valence-electron chi connectivity index (χ4n) is 1.82. The van der Waals surface area contributed by atoms with Gasteiger partial charge < -0.3 is 9.67 Å². The number of rotatable bonds is 5. The van der Waals surface area contributed by atoms with Gasteiger partial charge in [-0.25, -0.2) is 0 Å². The summed E-state index contributed by atoms with van der Waals surface area (Å²) in [7, 11) is 0. The quantitative estimate of drug-likeness (QED) is 0.633. The maximum absolute atomic E-state index is 11.6. The van der Waals surface area contributed by atoms with E-state index >= 15 is 0 Å². The molecular formula is C15H14N3O3+. The predicted molar refractivity (Wildman–Crippen MR) is 75.2 cm³/mol. The molecule has 0 aromatic carbocycles. The van der Waals surface area contributed by atoms with Gasteiger partial charge in [-0.3, -0.25) is 9.59 Å². The van der Waals surface area contributed by atoms with Crippen LogP contribution in [0, 0.1) is 12.3 Å². The molecule has 0 aliphatic carbocycles. The molecule has 6 nitrogen and oxygen atoms in total. The number of aromatic nitrogens is 3. The monoisotopic (exact) mass is 284 g/mol. The molecule has 0 saturated heterocycles. The molecule has 2 heterocycles. The summed E-state index contributed by atoms with van der Waals surface area (Å²) in [6.45, 7) is 0.526. The molecular weight excluding hydrogens is 270 g/mol. The first-order valence-corrected chi connectivity index (χ1v) is 6.32. The standard InChI is InChI=1S/C15H13N3O3/c1-2-7-17-11-13(3-4-14(17)19)12-5-8-18(16-10-12)9-6-15(20)21/h1,3-5,8,10-11H,6-7,9H2/p+1. The highest BCUT2D eigenvalue weighted by Gasteiger charge is 2.08. The number of hydrogen-bond acceptors (Lipinski definition) is 3. The van der Waals surface area contributed by atoms with E-state index in [0.717, 1.165) is 11.1 Å². The molecule has 0 spiro atoms. The molecule has 6 heteroatoms. The first-order valence-electron chi connectivity index (χ1n) is 6.32. The first-order chi connectivity index (χ1) is 10.1. The number of terminal acetylenes is 1. The van der Waals surface area contributed by atoms with Gasteiger partial charge in [0.25, 0.3) is 5.56 Å². The number of hydrogen-bond donors (Lipinski definition) is 1. The summed E-state index contributed by atoms with van der Waals surface area (Å²) in [4.78, 5) is 22.1. The number of carboxylic acids is 1. The molecule has 2 rings (SSSR count). The van der Waals surface area contributed by atoms with E-state index in [4.69, 9.17) is 11.5 Å². The Morgan fingerprint density at radius 1 is 1.38 bits per heavy atom. The highest BCUT2D eigenvalue weighted by Crippen LogP contribution is 2.14. The number of carbonyl (C=O) groups is 1. The normalized spacial score (nSPS) is 10.0. The van der Waals surface area contributed by atoms with Crippen molar-refractivity contribution in [3.8, 4) is 23.5 Å². The van der Waals surface area contributed by atoms with E-state index in [2.05, 4.69) is 11.0 Å². The van der Waals surface area contributed by atoms with Crippen molar-refractivity contribution in [2.45, 2.75) is 19.5 Å². The van der Waals surface area contributed by atoms with Gasteiger partial charge in [-0.05, 0) is 11.2 Å². The highest BCUT2D eigenvalue weighted by atomic mass is 16.4. The Bertz CT molecular complexity index is 742. The second-order valence-electron chi connectivity index (χ2n) is 4.41. The minimum Gasteiger partial charge on any atom is -0.481 e. The molecule has 0 radical (unpaired) electrons. The Kier molecular flexibility index (Phi) is 4.46. The van der Waals surface area contributed by atoms with E-state index in [-0.39, 0.29) is 18.5 Å². The van der Waals surface area contributed by atoms with Crippen molar-refractivity contribution in [1.82, 2.24) is 9.67 Å². The number of nitrogens with zero attached hydrogens (tertiary/aromatic N) is 3. The Hall–Kier alpha value is -2.94. The largest absolute Gasteiger partial charge is 0.481 e. The van der Waals surface area contributed by atoms with Gasteiger partial charge in [-0.1, -0.05) is 10.6 Å². The molecule has 0 aliphatic rings. The van der Waals surface area contributed by atoms with Crippen LogP contribution in [0.15, 0.2) is 41.6 Å². The summed E-state index contributed by atoms with van der Waals surface area (Å²) in [5.41, 5.74) is 1.49. The van der Waals surface area contributed by atoms with Crippen molar-refractivity contribution < 1.29 is 14.6 Å². The van der Waals surface area contributed by atoms with Crippen LogP contribution in [-0.4, -0.2) is 20.7 Å². The van der Waals surface area contributed by atoms with Crippen LogP contribution in [0.4, 0.5) is 0 Å². The third-order valence-corrected chi connectivity index (χ3v) is 2.90. The van der Waals surface area contributed by atoms with Crippen molar-refractivity contribution in [2.75, 3.05) is 0 Å². The SMILES string of the molecule is C#CCn1cc(-c2cc[n+](CCC(=O)O)nc2)ccc1=O. The van der Waals surface area contributed by atoms with Crippen molar-refractivity contribution in [3.05, 3.63) is 47.1 Å². The van der Waals surface area contributed by atoms with E-state index in [1.165, 1.54) is 10.6 Å². The molecule has 2 aromatic heterocycles. The van der Waals surface area contributed by atoms with Crippen LogP contribution in [0.25, 0.3) is 11.1 Å². The van der Waals surface area contributed by atoms with Gasteiger partial charge in [0.2, 0.25) is 0 Å². The van der Waals surface area contributed by atoms with Gasteiger partial charge in [0.15, 0.2) is 12.7 Å². The Balaban J connectivity index is 2.22. The van der Waals surface area contributed by atoms with Gasteiger partial charge in [0, 0.05) is 29.5 Å². The number of aliphatic carboxylic acids is 1. The minimum absolute atomic E-state index is 0.0179. The molecule has 2 aromatic rings. The lowest BCUT2D eigenvalue weighted by molar-refractivity contribution is -0.752. The summed E-state index contributed by atoms with van der Waals surface area (Å²) >= 11 is 0. The number of pyridine rings is 1. The van der Waals surface area contributed by atoms with Crippen LogP contribution in [-0.2, 0) is 17.9 Å². The molecule has 21 heavy (non-hydrogen) atoms. The van der Waals surface area contributed by atoms with Gasteiger partial charge in [-0.2, -0.15) is 0 Å². The van der Waals surface area contributed by atoms with Crippen LogP contribution in [0.2, 0.25) is 0 Å². The predicted octanol–water partition coefficient (Wildman–Crippen LogP) is 0.306. The third kappa shape index (κ3) is 3.76. The Morgan fingerprint density at radius 2 is 2.19 bits per heavy atom. The molecule has 0 unspecified atom stereocenters. The second-order valence-corrected chi connectivity index (χ2v) is 4.41. The van der Waals surface area contributed by atoms with Crippen LogP contribution >= 0.6 is 0 Å². The molecule has 106 valence electrons. The maximum Gasteiger partial charge on any atom is 0.309 e. The van der Waals surface area contributed by atoms with Gasteiger partial charge in [0.05, 0.1) is 6.54 Å². The lowest BCUT2D eigenvalue weighted by Gasteiger charge is -2.04. The maximum atomic E-state index is 11.6. The van der Waals surface area contributed by atoms with Crippen molar-refractivity contribution in [1.29, 1.82) is 0 Å². The van der Waals surface area contributed by atoms with Gasteiger partial charge in [0.1, 0.15) is 12.6 Å². The fraction of sp³-hybridized carbons (Fsp3) is 0.200. The second kappa shape index (κ2) is 6.48. The zero-order valence-corrected chi connectivity index (χ0v) is 11.3. The first kappa shape index (κ1) is 14.5. The van der Waals surface area contributed by atoms with Crippen LogP contribution < -0.4 is 10.2 Å². The molecule has 0 saturated carbocycles. The smallest absolute Gasteiger partial charge is 0.309 e. The molecule has 1 N–H and O–H groups in total. The third-order valence-electron chi connectivity index (χ3n) is 2.90. The topological polar surface area (TPSA) is 76.1 Å². The van der Waals surface area contributed by atoms with E-state index in [1.807, 2.05) is 6.07 Å². The molecule has 0 bridgehead atoms. The molecule has 0 amide bonds. The van der Waals surface area contributed by atoms with E-state index < -0.39 is 5.97 Å². The van der Waals surface area contributed by atoms with Crippen molar-refractivity contribution in [2.24, 2.45) is 0 Å². The summed E-state index contributed by atoms with van der Waals surface area (Å²) in [5, 5.41) is 12.8. The average Bonchev–Trinajstić information content (AvgIpc) is 2.48. The minimum atomic E-state index is -0.866. The summed E-state index contributed by atoms with van der Waals surface area (Å²) in [5.74, 6) is 1.56. The number of aryl methyl sites for hydroxylation is 1. The van der Waals surface area contributed by atoms with Crippen LogP contribution in [0.3, 0.4) is 0 Å². The van der Waals surface area contributed by atoms with E-state index in [0.29, 0.717) is 6.54 Å². The van der Waals surface area contributed by atoms with E-state index in [1.54, 1.807) is 29.3 Å². The fourth-order valence-corrected chi connectivity index (χ4v) is 1.82. The molecule has 0 atom stereocenters. The summed E-state index contributed by atoms with van der Waals surface area (Å²) < 4.78 is 3.00. The van der Waals surface area contributed by atoms with Gasteiger partial charge in [-0.15, -0.1) is 6.42 Å².